The molecule has 2 aliphatic heterocycles. The number of amides is 2. The molecule has 1 unspecified atom stereocenters. The molecule has 0 bridgehead atoms. The Morgan fingerprint density at radius 1 is 1.02 bits per heavy atom. The maximum atomic E-state index is 13.9. The number of fused-ring (bicyclic) bond motifs is 1. The molecule has 40 heavy (non-hydrogen) atoms. The Hall–Kier alpha value is -3.95. The fraction of sp³-hybridized carbons (Fsp3) is 0.258. The van der Waals surface area contributed by atoms with Crippen molar-refractivity contribution in [2.75, 3.05) is 43.5 Å². The van der Waals surface area contributed by atoms with Crippen LogP contribution in [0.1, 0.15) is 21.9 Å². The minimum atomic E-state index is -0.324. The molecule has 2 amide bonds. The van der Waals surface area contributed by atoms with Crippen molar-refractivity contribution in [2.45, 2.75) is 12.2 Å². The molecule has 0 N–H and O–H groups in total. The van der Waals surface area contributed by atoms with Crippen LogP contribution in [0.2, 0.25) is 0 Å². The van der Waals surface area contributed by atoms with E-state index in [1.807, 2.05) is 61.5 Å². The van der Waals surface area contributed by atoms with Crippen LogP contribution in [0, 0.1) is 12.7 Å². The summed E-state index contributed by atoms with van der Waals surface area (Å²) >= 11 is 1.47. The largest absolute Gasteiger partial charge is 0.378 e. The number of hydrogen-bond donors (Lipinski definition) is 0. The molecule has 1 atom stereocenters. The van der Waals surface area contributed by atoms with Crippen LogP contribution in [0.15, 0.2) is 78.9 Å². The molecule has 9 heteroatoms. The minimum absolute atomic E-state index is 0.103. The van der Waals surface area contributed by atoms with Crippen LogP contribution in [-0.2, 0) is 14.3 Å². The van der Waals surface area contributed by atoms with E-state index in [9.17, 15) is 14.0 Å². The summed E-state index contributed by atoms with van der Waals surface area (Å²) in [5, 5.41) is 4.79. The first kappa shape index (κ1) is 26.3. The molecule has 1 fully saturated rings. The number of ether oxygens (including phenoxy) is 1. The zero-order valence-electron chi connectivity index (χ0n) is 22.1. The third kappa shape index (κ3) is 5.14. The van der Waals surface area contributed by atoms with E-state index in [0.717, 1.165) is 33.6 Å². The Morgan fingerprint density at radius 3 is 2.50 bits per heavy atom. The Balaban J connectivity index is 1.58. The molecule has 0 spiro atoms. The number of anilines is 1. The number of morpholine rings is 1. The van der Waals surface area contributed by atoms with Crippen LogP contribution in [0.5, 0.6) is 0 Å². The Morgan fingerprint density at radius 2 is 1.77 bits per heavy atom. The van der Waals surface area contributed by atoms with Gasteiger partial charge in [0.05, 0.1) is 35.6 Å². The maximum Gasteiger partial charge on any atom is 0.242 e. The van der Waals surface area contributed by atoms with Gasteiger partial charge in [0.1, 0.15) is 18.2 Å². The lowest BCUT2D eigenvalue weighted by molar-refractivity contribution is -0.134. The number of nitrogens with zero attached hydrogens (tertiary/aromatic N) is 4. The van der Waals surface area contributed by atoms with Gasteiger partial charge in [0.15, 0.2) is 0 Å². The van der Waals surface area contributed by atoms with Gasteiger partial charge in [-0.05, 0) is 42.3 Å². The normalized spacial score (nSPS) is 17.4. The molecule has 1 saturated heterocycles. The molecule has 0 aliphatic carbocycles. The summed E-state index contributed by atoms with van der Waals surface area (Å²) in [6.45, 7) is 3.85. The van der Waals surface area contributed by atoms with Gasteiger partial charge in [0.2, 0.25) is 11.8 Å². The van der Waals surface area contributed by atoms with Crippen molar-refractivity contribution in [1.29, 1.82) is 0 Å². The van der Waals surface area contributed by atoms with Gasteiger partial charge in [-0.25, -0.2) is 9.07 Å². The summed E-state index contributed by atoms with van der Waals surface area (Å²) in [5.41, 5.74) is 5.14. The highest BCUT2D eigenvalue weighted by Crippen LogP contribution is 2.48. The highest BCUT2D eigenvalue weighted by atomic mass is 32.2. The molecule has 1 aromatic heterocycles. The van der Waals surface area contributed by atoms with Gasteiger partial charge >= 0.3 is 0 Å². The number of carbonyl (C=O) groups is 2. The van der Waals surface area contributed by atoms with E-state index in [1.165, 1.54) is 23.9 Å². The summed E-state index contributed by atoms with van der Waals surface area (Å²) in [6.07, 6.45) is 0. The summed E-state index contributed by atoms with van der Waals surface area (Å²) in [5.74, 6) is 0.0947. The summed E-state index contributed by atoms with van der Waals surface area (Å²) < 4.78 is 21.2. The first-order chi connectivity index (χ1) is 19.5. The van der Waals surface area contributed by atoms with Gasteiger partial charge in [-0.15, -0.1) is 11.8 Å². The second-order valence-electron chi connectivity index (χ2n) is 9.92. The lowest BCUT2D eigenvalue weighted by Crippen LogP contribution is -2.48. The number of rotatable bonds is 5. The van der Waals surface area contributed by atoms with Gasteiger partial charge in [-0.1, -0.05) is 54.6 Å². The lowest BCUT2D eigenvalue weighted by atomic mass is 9.99. The van der Waals surface area contributed by atoms with Crippen molar-refractivity contribution in [1.82, 2.24) is 14.7 Å². The highest BCUT2D eigenvalue weighted by Gasteiger charge is 2.38. The average Bonchev–Trinajstić information content (AvgIpc) is 3.31. The van der Waals surface area contributed by atoms with Gasteiger partial charge in [0.25, 0.3) is 0 Å². The number of carbonyl (C=O) groups excluding carboxylic acids is 2. The van der Waals surface area contributed by atoms with Crippen LogP contribution in [0.4, 0.5) is 10.2 Å². The fourth-order valence-electron chi connectivity index (χ4n) is 5.22. The van der Waals surface area contributed by atoms with Crippen molar-refractivity contribution in [3.63, 3.8) is 0 Å². The van der Waals surface area contributed by atoms with Crippen LogP contribution >= 0.6 is 11.8 Å². The second-order valence-corrected chi connectivity index (χ2v) is 11.0. The third-order valence-corrected chi connectivity index (χ3v) is 8.47. The summed E-state index contributed by atoms with van der Waals surface area (Å²) in [4.78, 5) is 30.7. The van der Waals surface area contributed by atoms with E-state index >= 15 is 0 Å². The summed E-state index contributed by atoms with van der Waals surface area (Å²) in [6, 6.07) is 24.2. The van der Waals surface area contributed by atoms with E-state index in [2.05, 4.69) is 0 Å². The number of thioether (sulfide) groups is 1. The van der Waals surface area contributed by atoms with Gasteiger partial charge in [0, 0.05) is 24.2 Å². The molecular formula is C31H29FN4O3S. The molecule has 3 aromatic carbocycles. The van der Waals surface area contributed by atoms with Gasteiger partial charge in [-0.3, -0.25) is 14.5 Å². The third-order valence-electron chi connectivity index (χ3n) is 7.21. The first-order valence-electron chi connectivity index (χ1n) is 13.3. The van der Waals surface area contributed by atoms with Crippen LogP contribution in [0.25, 0.3) is 16.9 Å². The van der Waals surface area contributed by atoms with Crippen LogP contribution < -0.4 is 4.90 Å². The van der Waals surface area contributed by atoms with E-state index < -0.39 is 0 Å². The standard InChI is InChI=1S/C31H29FN4O3S/c1-21-6-5-9-25(18-21)36-31-28(29(33-36)22-7-3-2-4-8-22)30(23-10-12-24(32)13-11-23)40-20-27(38)35(31)19-26(37)34-14-16-39-17-15-34/h2-13,18,30H,14-17,19-20H2,1H3. The van der Waals surface area contributed by atoms with E-state index in [1.54, 1.807) is 26.6 Å². The van der Waals surface area contributed by atoms with E-state index in [4.69, 9.17) is 9.84 Å². The number of aryl methyl sites for hydroxylation is 1. The number of hydrogen-bond acceptors (Lipinski definition) is 5. The molecule has 0 radical (unpaired) electrons. The maximum absolute atomic E-state index is 13.9. The highest BCUT2D eigenvalue weighted by molar-refractivity contribution is 8.00. The smallest absolute Gasteiger partial charge is 0.242 e. The SMILES string of the molecule is Cc1cccc(-n2nc(-c3ccccc3)c3c2N(CC(=O)N2CCOCC2)C(=O)CSC3c2ccc(F)cc2)c1. The van der Waals surface area contributed by atoms with Crippen molar-refractivity contribution in [2.24, 2.45) is 0 Å². The van der Waals surface area contributed by atoms with E-state index in [-0.39, 0.29) is 35.2 Å². The predicted octanol–water partition coefficient (Wildman–Crippen LogP) is 5.01. The molecular weight excluding hydrogens is 527 g/mol. The molecule has 204 valence electrons. The quantitative estimate of drug-likeness (QED) is 0.346. The zero-order chi connectivity index (χ0) is 27.6. The fourth-order valence-corrected chi connectivity index (χ4v) is 6.42. The van der Waals surface area contributed by atoms with Crippen LogP contribution in [0.3, 0.4) is 0 Å². The Kier molecular flexibility index (Phi) is 7.40. The van der Waals surface area contributed by atoms with Crippen molar-refractivity contribution < 1.29 is 18.7 Å². The van der Waals surface area contributed by atoms with Crippen LogP contribution in [-0.4, -0.2) is 65.1 Å². The van der Waals surface area contributed by atoms with E-state index in [0.29, 0.717) is 32.1 Å². The van der Waals surface area contributed by atoms with Gasteiger partial charge in [-0.2, -0.15) is 5.10 Å². The second kappa shape index (κ2) is 11.3. The molecule has 6 rings (SSSR count). The summed E-state index contributed by atoms with van der Waals surface area (Å²) in [7, 11) is 0. The number of benzene rings is 3. The first-order valence-corrected chi connectivity index (χ1v) is 14.3. The lowest BCUT2D eigenvalue weighted by Gasteiger charge is -2.30. The Bertz CT molecular complexity index is 1530. The molecule has 2 aliphatic rings. The zero-order valence-corrected chi connectivity index (χ0v) is 22.9. The van der Waals surface area contributed by atoms with Crippen molar-refractivity contribution >= 4 is 29.4 Å². The van der Waals surface area contributed by atoms with Gasteiger partial charge < -0.3 is 9.64 Å². The molecule has 3 heterocycles. The number of halogens is 1. The molecule has 0 saturated carbocycles. The monoisotopic (exact) mass is 556 g/mol. The predicted molar refractivity (Wildman–Crippen MR) is 154 cm³/mol. The minimum Gasteiger partial charge on any atom is -0.378 e. The average molecular weight is 557 g/mol. The molecule has 4 aromatic rings. The van der Waals surface area contributed by atoms with Crippen molar-refractivity contribution in [3.05, 3.63) is 101 Å². The van der Waals surface area contributed by atoms with Crippen molar-refractivity contribution in [3.8, 4) is 16.9 Å². The number of aromatic nitrogens is 2. The topological polar surface area (TPSA) is 67.7 Å². The Labute approximate surface area is 236 Å². The molecule has 7 nitrogen and oxygen atoms in total.